The number of hydrogen-bond donors (Lipinski definition) is 4. The lowest BCUT2D eigenvalue weighted by atomic mass is 9.67. The molecule has 0 saturated heterocycles. The van der Waals surface area contributed by atoms with Gasteiger partial charge in [-0.3, -0.25) is 20.2 Å². The lowest BCUT2D eigenvalue weighted by molar-refractivity contribution is -0.386. The molecule has 4 aromatic carbocycles. The molecule has 5 rings (SSSR count). The van der Waals surface area contributed by atoms with E-state index < -0.39 is 50.1 Å². The number of nitro groups is 2. The number of nitro benzene ring substituents is 2. The van der Waals surface area contributed by atoms with Gasteiger partial charge in [0.15, 0.2) is 11.5 Å². The van der Waals surface area contributed by atoms with Gasteiger partial charge >= 0.3 is 23.3 Å². The van der Waals surface area contributed by atoms with Gasteiger partial charge < -0.3 is 20.4 Å². The largest absolute Gasteiger partial charge is 0.502 e. The minimum atomic E-state index is -1.72. The first-order valence-corrected chi connectivity index (χ1v) is 11.2. The number of carboxylic acid groups (broad SMARTS) is 2. The van der Waals surface area contributed by atoms with Gasteiger partial charge in [-0.15, -0.1) is 0 Å². The first-order chi connectivity index (χ1) is 18.5. The van der Waals surface area contributed by atoms with Crippen LogP contribution in [-0.4, -0.2) is 42.2 Å². The van der Waals surface area contributed by atoms with Gasteiger partial charge in [0.1, 0.15) is 0 Å². The highest BCUT2D eigenvalue weighted by Crippen LogP contribution is 2.58. The maximum atomic E-state index is 12.0. The van der Waals surface area contributed by atoms with Crippen LogP contribution < -0.4 is 0 Å². The number of fused-ring (bicyclic) bond motifs is 3. The van der Waals surface area contributed by atoms with Crippen LogP contribution in [0.25, 0.3) is 11.1 Å². The Kier molecular flexibility index (Phi) is 5.53. The van der Waals surface area contributed by atoms with Crippen LogP contribution in [0.5, 0.6) is 11.5 Å². The molecule has 0 bridgehead atoms. The third-order valence-corrected chi connectivity index (χ3v) is 6.84. The van der Waals surface area contributed by atoms with Gasteiger partial charge in [-0.1, -0.05) is 24.3 Å². The number of benzene rings is 4. The highest BCUT2D eigenvalue weighted by Gasteiger charge is 2.48. The number of phenols is 2. The Morgan fingerprint density at radius 2 is 1.00 bits per heavy atom. The molecule has 0 aromatic heterocycles. The minimum absolute atomic E-state index is 0.0945. The SMILES string of the molecule is O=C(O)c1ccc2c(c1)C(c1ccc(O)c([N+](=O)[O-])c1)(c1ccc(O)c([N+](=O)[O-])c1)c1cc(C(=O)O)ccc1-2. The van der Waals surface area contributed by atoms with Gasteiger partial charge in [0, 0.05) is 12.1 Å². The van der Waals surface area contributed by atoms with E-state index in [1.165, 1.54) is 48.5 Å². The van der Waals surface area contributed by atoms with Gasteiger partial charge in [0.25, 0.3) is 0 Å². The van der Waals surface area contributed by atoms with E-state index in [0.29, 0.717) is 11.1 Å². The van der Waals surface area contributed by atoms with Gasteiger partial charge in [-0.25, -0.2) is 9.59 Å². The molecule has 194 valence electrons. The fraction of sp³-hybridized carbons (Fsp3) is 0.0370. The number of phenolic OH excluding ortho intramolecular Hbond substituents is 2. The van der Waals surface area contributed by atoms with Crippen molar-refractivity contribution in [2.24, 2.45) is 0 Å². The van der Waals surface area contributed by atoms with E-state index in [2.05, 4.69) is 0 Å². The number of carboxylic acids is 2. The second-order valence-corrected chi connectivity index (χ2v) is 8.80. The standard InChI is InChI=1S/C27H16N2O10/c30-23-7-3-15(11-21(23)28(36)37)27(16-4-8-24(31)22(12-16)29(38)39)19-9-13(25(32)33)1-5-17(19)18-6-2-14(26(34)35)10-20(18)27/h1-12,30-31H,(H,32,33)(H,34,35). The molecule has 0 unspecified atom stereocenters. The first kappa shape index (κ1) is 24.9. The van der Waals surface area contributed by atoms with Crippen molar-refractivity contribution in [3.05, 3.63) is 126 Å². The molecular formula is C27H16N2O10. The zero-order valence-electron chi connectivity index (χ0n) is 19.6. The van der Waals surface area contributed by atoms with Crippen molar-refractivity contribution in [1.82, 2.24) is 0 Å². The van der Waals surface area contributed by atoms with Crippen LogP contribution in [0.4, 0.5) is 11.4 Å². The fourth-order valence-corrected chi connectivity index (χ4v) is 5.18. The Bertz CT molecular complexity index is 1630. The number of rotatable bonds is 6. The normalized spacial score (nSPS) is 12.8. The quantitative estimate of drug-likeness (QED) is 0.177. The third kappa shape index (κ3) is 3.62. The molecule has 0 fully saturated rings. The predicted octanol–water partition coefficient (Wildman–Crippen LogP) is 4.67. The van der Waals surface area contributed by atoms with Gasteiger partial charge in [-0.2, -0.15) is 0 Å². The Labute approximate surface area is 217 Å². The van der Waals surface area contributed by atoms with Crippen molar-refractivity contribution in [1.29, 1.82) is 0 Å². The van der Waals surface area contributed by atoms with Crippen LogP contribution in [0, 0.1) is 20.2 Å². The lowest BCUT2D eigenvalue weighted by Gasteiger charge is -2.34. The molecule has 12 nitrogen and oxygen atoms in total. The van der Waals surface area contributed by atoms with Crippen molar-refractivity contribution in [2.45, 2.75) is 5.41 Å². The van der Waals surface area contributed by atoms with Crippen molar-refractivity contribution in [3.8, 4) is 22.6 Å². The van der Waals surface area contributed by atoms with E-state index in [1.807, 2.05) is 0 Å². The van der Waals surface area contributed by atoms with Crippen molar-refractivity contribution < 1.29 is 39.9 Å². The maximum absolute atomic E-state index is 12.0. The highest BCUT2D eigenvalue weighted by atomic mass is 16.6. The second kappa shape index (κ2) is 8.66. The van der Waals surface area contributed by atoms with Crippen LogP contribution in [-0.2, 0) is 5.41 Å². The monoisotopic (exact) mass is 528 g/mol. The van der Waals surface area contributed by atoms with Gasteiger partial charge in [-0.05, 0) is 69.8 Å². The molecule has 0 heterocycles. The van der Waals surface area contributed by atoms with Gasteiger partial charge in [0.2, 0.25) is 0 Å². The molecule has 0 spiro atoms. The van der Waals surface area contributed by atoms with Crippen LogP contribution in [0.3, 0.4) is 0 Å². The molecule has 12 heteroatoms. The molecule has 1 aliphatic rings. The minimum Gasteiger partial charge on any atom is -0.502 e. The summed E-state index contributed by atoms with van der Waals surface area (Å²) in [6, 6.07) is 15.2. The molecule has 0 saturated carbocycles. The van der Waals surface area contributed by atoms with Crippen LogP contribution in [0.1, 0.15) is 43.0 Å². The summed E-state index contributed by atoms with van der Waals surface area (Å²) in [7, 11) is 0. The van der Waals surface area contributed by atoms with E-state index >= 15 is 0 Å². The Morgan fingerprint density at radius 3 is 1.33 bits per heavy atom. The van der Waals surface area contributed by atoms with Gasteiger partial charge in [0.05, 0.1) is 26.4 Å². The maximum Gasteiger partial charge on any atom is 0.335 e. The summed E-state index contributed by atoms with van der Waals surface area (Å²) in [5.74, 6) is -3.90. The first-order valence-electron chi connectivity index (χ1n) is 11.2. The van der Waals surface area contributed by atoms with E-state index in [0.717, 1.165) is 24.3 Å². The molecule has 4 aromatic rings. The molecule has 0 aliphatic heterocycles. The van der Waals surface area contributed by atoms with Crippen LogP contribution in [0.15, 0.2) is 72.8 Å². The summed E-state index contributed by atoms with van der Waals surface area (Å²) in [6.07, 6.45) is 0. The predicted molar refractivity (Wildman–Crippen MR) is 134 cm³/mol. The Balaban J connectivity index is 2.03. The zero-order valence-corrected chi connectivity index (χ0v) is 19.6. The molecular weight excluding hydrogens is 512 g/mol. The molecule has 39 heavy (non-hydrogen) atoms. The molecule has 0 amide bonds. The summed E-state index contributed by atoms with van der Waals surface area (Å²) in [6.45, 7) is 0. The Hall–Kier alpha value is -5.78. The summed E-state index contributed by atoms with van der Waals surface area (Å²) >= 11 is 0. The number of hydrogen-bond acceptors (Lipinski definition) is 8. The zero-order chi connectivity index (χ0) is 28.2. The van der Waals surface area contributed by atoms with Crippen molar-refractivity contribution in [2.75, 3.05) is 0 Å². The number of nitrogens with zero attached hydrogens (tertiary/aromatic N) is 2. The van der Waals surface area contributed by atoms with Crippen molar-refractivity contribution >= 4 is 23.3 Å². The van der Waals surface area contributed by atoms with E-state index in [1.54, 1.807) is 0 Å². The van der Waals surface area contributed by atoms with E-state index in [4.69, 9.17) is 0 Å². The molecule has 0 radical (unpaired) electrons. The average molecular weight is 528 g/mol. The molecule has 1 aliphatic carbocycles. The van der Waals surface area contributed by atoms with Crippen LogP contribution >= 0.6 is 0 Å². The third-order valence-electron chi connectivity index (χ3n) is 6.84. The molecule has 4 N–H and O–H groups in total. The summed E-state index contributed by atoms with van der Waals surface area (Å²) < 4.78 is 0. The fourth-order valence-electron chi connectivity index (χ4n) is 5.18. The number of aromatic carboxylic acids is 2. The van der Waals surface area contributed by atoms with Crippen LogP contribution in [0.2, 0.25) is 0 Å². The summed E-state index contributed by atoms with van der Waals surface area (Å²) in [5, 5.41) is 63.3. The Morgan fingerprint density at radius 1 is 0.615 bits per heavy atom. The number of aromatic hydroxyl groups is 2. The van der Waals surface area contributed by atoms with E-state index in [-0.39, 0.29) is 33.4 Å². The highest BCUT2D eigenvalue weighted by molar-refractivity contribution is 5.95. The van der Waals surface area contributed by atoms with E-state index in [9.17, 15) is 50.2 Å². The second-order valence-electron chi connectivity index (χ2n) is 8.80. The smallest absolute Gasteiger partial charge is 0.335 e. The van der Waals surface area contributed by atoms with Crippen molar-refractivity contribution in [3.63, 3.8) is 0 Å². The summed E-state index contributed by atoms with van der Waals surface area (Å²) in [4.78, 5) is 45.8. The number of carbonyl (C=O) groups is 2. The molecule has 0 atom stereocenters. The topological polar surface area (TPSA) is 201 Å². The average Bonchev–Trinajstić information content (AvgIpc) is 3.18. The lowest BCUT2D eigenvalue weighted by Crippen LogP contribution is -2.29. The summed E-state index contributed by atoms with van der Waals surface area (Å²) in [5.41, 5.74) is -1.83.